The largest absolute Gasteiger partial charge is 0.467 e. The van der Waals surface area contributed by atoms with Gasteiger partial charge in [0.2, 0.25) is 15.9 Å². The van der Waals surface area contributed by atoms with Crippen LogP contribution in [0, 0.1) is 20.8 Å². The fraction of sp³-hybridized carbons (Fsp3) is 0.320. The quantitative estimate of drug-likeness (QED) is 0.519. The molecule has 1 aliphatic heterocycles. The van der Waals surface area contributed by atoms with Gasteiger partial charge in [-0.15, -0.1) is 0 Å². The second-order valence-corrected chi connectivity index (χ2v) is 10.3. The Bertz CT molecular complexity index is 1250. The molecule has 0 radical (unpaired) electrons. The third-order valence-electron chi connectivity index (χ3n) is 6.12. The number of benzene rings is 1. The number of carbonyl (C=O) groups is 1. The molecular formula is C25H29N3O4S. The molecular weight excluding hydrogens is 438 g/mol. The Morgan fingerprint density at radius 1 is 1.03 bits per heavy atom. The van der Waals surface area contributed by atoms with Gasteiger partial charge in [-0.3, -0.25) is 4.79 Å². The Balaban J connectivity index is 1.38. The Morgan fingerprint density at radius 2 is 1.73 bits per heavy atom. The van der Waals surface area contributed by atoms with E-state index in [0.717, 1.165) is 28.3 Å². The normalized spacial score (nSPS) is 15.4. The van der Waals surface area contributed by atoms with Crippen LogP contribution in [0.15, 0.2) is 64.1 Å². The molecule has 1 saturated heterocycles. The zero-order valence-corrected chi connectivity index (χ0v) is 20.0. The highest BCUT2D eigenvalue weighted by Crippen LogP contribution is 2.20. The van der Waals surface area contributed by atoms with Crippen molar-refractivity contribution < 1.29 is 17.6 Å². The zero-order chi connectivity index (χ0) is 23.6. The van der Waals surface area contributed by atoms with Gasteiger partial charge in [-0.05, 0) is 62.7 Å². The number of sulfonamides is 1. The SMILES string of the molecule is Cc1ccc(S(=O)(=O)N2CCN(C(=O)/C=C/c3cc(C)n(Cc4ccco4)c3C)CC2)cc1. The van der Waals surface area contributed by atoms with E-state index in [1.807, 2.05) is 45.0 Å². The van der Waals surface area contributed by atoms with Crippen molar-refractivity contribution in [3.8, 4) is 0 Å². The first-order valence-electron chi connectivity index (χ1n) is 11.0. The standard InChI is InChI=1S/C25H29N3O4S/c1-19-6-9-24(10-7-19)33(30,31)27-14-12-26(13-15-27)25(29)11-8-22-17-20(2)28(21(22)3)18-23-5-4-16-32-23/h4-11,16-17H,12-15,18H2,1-3H3/b11-8+. The third kappa shape index (κ3) is 4.96. The molecule has 1 amide bonds. The maximum Gasteiger partial charge on any atom is 0.246 e. The van der Waals surface area contributed by atoms with E-state index in [-0.39, 0.29) is 23.9 Å². The number of hydrogen-bond acceptors (Lipinski definition) is 4. The number of rotatable bonds is 6. The van der Waals surface area contributed by atoms with Crippen LogP contribution in [0.5, 0.6) is 0 Å². The summed E-state index contributed by atoms with van der Waals surface area (Å²) < 4.78 is 34.8. The highest BCUT2D eigenvalue weighted by molar-refractivity contribution is 7.89. The number of hydrogen-bond donors (Lipinski definition) is 0. The van der Waals surface area contributed by atoms with Gasteiger partial charge in [0.05, 0.1) is 17.7 Å². The van der Waals surface area contributed by atoms with E-state index in [2.05, 4.69) is 4.57 Å². The van der Waals surface area contributed by atoms with Gasteiger partial charge in [0.25, 0.3) is 0 Å². The number of nitrogens with zero attached hydrogens (tertiary/aromatic N) is 3. The van der Waals surface area contributed by atoms with Gasteiger partial charge in [-0.25, -0.2) is 8.42 Å². The fourth-order valence-corrected chi connectivity index (χ4v) is 5.49. The fourth-order valence-electron chi connectivity index (χ4n) is 4.07. The van der Waals surface area contributed by atoms with Crippen molar-refractivity contribution >= 4 is 22.0 Å². The molecule has 0 bridgehead atoms. The molecule has 8 heteroatoms. The van der Waals surface area contributed by atoms with Gasteiger partial charge >= 0.3 is 0 Å². The highest BCUT2D eigenvalue weighted by atomic mass is 32.2. The predicted octanol–water partition coefficient (Wildman–Crippen LogP) is 3.60. The smallest absolute Gasteiger partial charge is 0.246 e. The summed E-state index contributed by atoms with van der Waals surface area (Å²) in [5, 5.41) is 0. The minimum atomic E-state index is -3.55. The van der Waals surface area contributed by atoms with E-state index in [0.29, 0.717) is 19.6 Å². The topological polar surface area (TPSA) is 75.8 Å². The van der Waals surface area contributed by atoms with Crippen LogP contribution < -0.4 is 0 Å². The van der Waals surface area contributed by atoms with Crippen LogP contribution in [0.3, 0.4) is 0 Å². The Kier molecular flexibility index (Phi) is 6.58. The molecule has 0 unspecified atom stereocenters. The van der Waals surface area contributed by atoms with Gasteiger partial charge < -0.3 is 13.9 Å². The highest BCUT2D eigenvalue weighted by Gasteiger charge is 2.29. The van der Waals surface area contributed by atoms with Crippen LogP contribution in [0.1, 0.15) is 28.3 Å². The first-order chi connectivity index (χ1) is 15.8. The van der Waals surface area contributed by atoms with Gasteiger partial charge in [-0.1, -0.05) is 17.7 Å². The van der Waals surface area contributed by atoms with Crippen LogP contribution in [-0.2, 0) is 21.4 Å². The molecule has 7 nitrogen and oxygen atoms in total. The number of aromatic nitrogens is 1. The van der Waals surface area contributed by atoms with Crippen LogP contribution in [0.4, 0.5) is 0 Å². The van der Waals surface area contributed by atoms with Crippen LogP contribution in [-0.4, -0.2) is 54.3 Å². The first-order valence-corrected chi connectivity index (χ1v) is 12.4. The number of piperazine rings is 1. The molecule has 1 aliphatic rings. The van der Waals surface area contributed by atoms with Crippen molar-refractivity contribution in [2.24, 2.45) is 0 Å². The lowest BCUT2D eigenvalue weighted by molar-refractivity contribution is -0.127. The molecule has 0 spiro atoms. The molecule has 1 aromatic carbocycles. The monoisotopic (exact) mass is 467 g/mol. The summed E-state index contributed by atoms with van der Waals surface area (Å²) in [6, 6.07) is 12.7. The minimum absolute atomic E-state index is 0.113. The van der Waals surface area contributed by atoms with Crippen molar-refractivity contribution in [3.63, 3.8) is 0 Å². The van der Waals surface area contributed by atoms with E-state index in [4.69, 9.17) is 4.42 Å². The lowest BCUT2D eigenvalue weighted by Gasteiger charge is -2.33. The van der Waals surface area contributed by atoms with Crippen molar-refractivity contribution in [2.45, 2.75) is 32.2 Å². The first kappa shape index (κ1) is 23.1. The average molecular weight is 468 g/mol. The second kappa shape index (κ2) is 9.41. The molecule has 2 aromatic heterocycles. The predicted molar refractivity (Wildman–Crippen MR) is 127 cm³/mol. The Morgan fingerprint density at radius 3 is 2.36 bits per heavy atom. The summed E-state index contributed by atoms with van der Waals surface area (Å²) in [7, 11) is -3.55. The van der Waals surface area contributed by atoms with E-state index < -0.39 is 10.0 Å². The number of carbonyl (C=O) groups excluding carboxylic acids is 1. The molecule has 0 aliphatic carbocycles. The van der Waals surface area contributed by atoms with E-state index in [1.54, 1.807) is 41.5 Å². The lowest BCUT2D eigenvalue weighted by atomic mass is 10.2. The summed E-state index contributed by atoms with van der Waals surface area (Å²) in [6.45, 7) is 7.92. The zero-order valence-electron chi connectivity index (χ0n) is 19.2. The minimum Gasteiger partial charge on any atom is -0.467 e. The van der Waals surface area contributed by atoms with Gasteiger partial charge in [-0.2, -0.15) is 4.31 Å². The molecule has 3 heterocycles. The van der Waals surface area contributed by atoms with E-state index >= 15 is 0 Å². The molecule has 3 aromatic rings. The molecule has 174 valence electrons. The van der Waals surface area contributed by atoms with Gasteiger partial charge in [0.15, 0.2) is 0 Å². The molecule has 0 saturated carbocycles. The van der Waals surface area contributed by atoms with Crippen molar-refractivity contribution in [2.75, 3.05) is 26.2 Å². The van der Waals surface area contributed by atoms with E-state index in [1.165, 1.54) is 4.31 Å². The third-order valence-corrected chi connectivity index (χ3v) is 8.03. The van der Waals surface area contributed by atoms with Crippen LogP contribution in [0.25, 0.3) is 6.08 Å². The van der Waals surface area contributed by atoms with Crippen molar-refractivity contribution in [1.29, 1.82) is 0 Å². The number of amides is 1. The van der Waals surface area contributed by atoms with Crippen LogP contribution >= 0.6 is 0 Å². The summed E-state index contributed by atoms with van der Waals surface area (Å²) in [4.78, 5) is 14.7. The van der Waals surface area contributed by atoms with Crippen molar-refractivity contribution in [3.05, 3.63) is 83.1 Å². The van der Waals surface area contributed by atoms with Crippen molar-refractivity contribution in [1.82, 2.24) is 13.8 Å². The number of furan rings is 1. The van der Waals surface area contributed by atoms with Gasteiger partial charge in [0, 0.05) is 43.6 Å². The summed E-state index contributed by atoms with van der Waals surface area (Å²) in [5.41, 5.74) is 4.14. The Labute approximate surface area is 195 Å². The summed E-state index contributed by atoms with van der Waals surface area (Å²) in [6.07, 6.45) is 5.07. The average Bonchev–Trinajstić information content (AvgIpc) is 3.41. The molecule has 4 rings (SSSR count). The Hall–Kier alpha value is -3.10. The second-order valence-electron chi connectivity index (χ2n) is 8.37. The molecule has 1 fully saturated rings. The number of aryl methyl sites for hydroxylation is 2. The van der Waals surface area contributed by atoms with Crippen LogP contribution in [0.2, 0.25) is 0 Å². The van der Waals surface area contributed by atoms with E-state index in [9.17, 15) is 13.2 Å². The van der Waals surface area contributed by atoms with Gasteiger partial charge in [0.1, 0.15) is 5.76 Å². The lowest BCUT2D eigenvalue weighted by Crippen LogP contribution is -2.50. The summed E-state index contributed by atoms with van der Waals surface area (Å²) >= 11 is 0. The molecule has 0 atom stereocenters. The summed E-state index contributed by atoms with van der Waals surface area (Å²) in [5.74, 6) is 0.764. The molecule has 0 N–H and O–H groups in total. The maximum atomic E-state index is 12.9. The molecule has 33 heavy (non-hydrogen) atoms. The maximum absolute atomic E-state index is 12.9.